The number of hydrogen-bond acceptors (Lipinski definition) is 4. The van der Waals surface area contributed by atoms with Crippen LogP contribution < -0.4 is 9.64 Å². The third-order valence-corrected chi connectivity index (χ3v) is 10.9. The summed E-state index contributed by atoms with van der Waals surface area (Å²) < 4.78 is 34.5. The molecular formula is C49H36N5OPt-3. The van der Waals surface area contributed by atoms with E-state index in [1.54, 1.807) is 11.1 Å². The number of fused-ring (bicyclic) bond motifs is 12. The third-order valence-electron chi connectivity index (χ3n) is 10.9. The molecule has 5 heterocycles. The molecule has 2 aliphatic heterocycles. The zero-order valence-electron chi connectivity index (χ0n) is 33.8. The Morgan fingerprint density at radius 1 is 0.696 bits per heavy atom. The number of pyridine rings is 1. The second kappa shape index (κ2) is 12.7. The molecule has 2 aliphatic rings. The number of anilines is 1. The summed E-state index contributed by atoms with van der Waals surface area (Å²) in [6.45, 7) is 5.89. The van der Waals surface area contributed by atoms with E-state index in [-0.39, 0.29) is 26.5 Å². The summed E-state index contributed by atoms with van der Waals surface area (Å²) in [5.74, 6) is 1.78. The Labute approximate surface area is 344 Å². The van der Waals surface area contributed by atoms with E-state index in [1.165, 1.54) is 50.7 Å². The smallest absolute Gasteiger partial charge is 0.135 e. The maximum Gasteiger partial charge on any atom is 0.135 e. The van der Waals surface area contributed by atoms with Crippen molar-refractivity contribution in [2.75, 3.05) is 11.9 Å². The number of rotatable bonds is 4. The normalized spacial score (nSPS) is 14.4. The van der Waals surface area contributed by atoms with Crippen LogP contribution in [0.25, 0.3) is 77.4 Å². The number of ether oxygens (including phenoxy) is 1. The van der Waals surface area contributed by atoms with Crippen LogP contribution in [0.5, 0.6) is 11.5 Å². The molecule has 3 aromatic heterocycles. The van der Waals surface area contributed by atoms with Crippen LogP contribution in [-0.2, 0) is 26.5 Å². The molecule has 6 nitrogen and oxygen atoms in total. The Balaban J connectivity index is 0.00000420. The molecule has 6 aromatic carbocycles. The Morgan fingerprint density at radius 2 is 1.48 bits per heavy atom. The van der Waals surface area contributed by atoms with E-state index >= 15 is 0 Å². The first kappa shape index (κ1) is 31.1. The molecule has 7 heteroatoms. The van der Waals surface area contributed by atoms with Gasteiger partial charge in [-0.05, 0) is 77.2 Å². The van der Waals surface area contributed by atoms with Gasteiger partial charge in [0.1, 0.15) is 5.82 Å². The van der Waals surface area contributed by atoms with Crippen LogP contribution in [0.4, 0.5) is 5.69 Å². The summed E-state index contributed by atoms with van der Waals surface area (Å²) in [6, 6.07) is 49.5. The van der Waals surface area contributed by atoms with Crippen LogP contribution in [0.15, 0.2) is 140 Å². The molecule has 0 bridgehead atoms. The van der Waals surface area contributed by atoms with Gasteiger partial charge >= 0.3 is 0 Å². The zero-order valence-corrected chi connectivity index (χ0v) is 33.1. The summed E-state index contributed by atoms with van der Waals surface area (Å²) in [5.41, 5.74) is 11.7. The number of nitrogens with zero attached hydrogens (tertiary/aromatic N) is 5. The van der Waals surface area contributed by atoms with Gasteiger partial charge in [0.25, 0.3) is 0 Å². The monoisotopic (exact) mass is 908 g/mol. The fraction of sp³-hybridized carbons (Fsp3) is 0.102. The van der Waals surface area contributed by atoms with Gasteiger partial charge in [-0.1, -0.05) is 87.0 Å². The van der Waals surface area contributed by atoms with Crippen molar-refractivity contribution >= 4 is 49.3 Å². The van der Waals surface area contributed by atoms with Gasteiger partial charge in [0.05, 0.1) is 16.7 Å². The van der Waals surface area contributed by atoms with Gasteiger partial charge < -0.3 is 23.7 Å². The molecule has 0 N–H and O–H groups in total. The average molecular weight is 909 g/mol. The Kier molecular flexibility index (Phi) is 7.08. The first-order chi connectivity index (χ1) is 28.0. The number of aromatic nitrogens is 3. The summed E-state index contributed by atoms with van der Waals surface area (Å²) in [4.78, 5) is 7.89. The topological polar surface area (TPSA) is 38.5 Å². The summed E-state index contributed by atoms with van der Waals surface area (Å²) in [6.07, 6.45) is 5.11. The van der Waals surface area contributed by atoms with Crippen molar-refractivity contribution in [3.63, 3.8) is 0 Å². The predicted octanol–water partition coefficient (Wildman–Crippen LogP) is 12.0. The third kappa shape index (κ3) is 5.16. The van der Waals surface area contributed by atoms with Gasteiger partial charge in [0, 0.05) is 70.3 Å². The molecule has 0 saturated carbocycles. The van der Waals surface area contributed by atoms with Crippen molar-refractivity contribution in [3.05, 3.63) is 164 Å². The maximum absolute atomic E-state index is 7.78. The summed E-state index contributed by atoms with van der Waals surface area (Å²) in [5, 5.41) is 4.58. The molecule has 276 valence electrons. The minimum absolute atomic E-state index is 0. The molecule has 0 fully saturated rings. The molecular weight excluding hydrogens is 870 g/mol. The van der Waals surface area contributed by atoms with E-state index in [4.69, 9.17) is 13.8 Å². The van der Waals surface area contributed by atoms with Crippen LogP contribution in [0.3, 0.4) is 0 Å². The van der Waals surface area contributed by atoms with Gasteiger partial charge in [0.15, 0.2) is 0 Å². The van der Waals surface area contributed by atoms with Crippen molar-refractivity contribution in [1.29, 1.82) is 0 Å². The van der Waals surface area contributed by atoms with E-state index in [0.29, 0.717) is 17.2 Å². The standard InChI is InChI=1S/C49H36N5O.Pt/c1-49(2,3)31-23-24-50-45(27-31)53-42-21-22-43-46(37-15-6-5-13-35(37)38-16-10-17-39-36-14-7-8-18-41(36)54(43)48(38)39)47(42)40-20-19-34(29-44(40)53)55-33-12-9-11-32(28-33)52-26-25-51(4)30-52;/h5-27,30H,1-4H3;/q-3;/i4D3;. The molecule has 0 unspecified atom stereocenters. The van der Waals surface area contributed by atoms with E-state index in [9.17, 15) is 0 Å². The van der Waals surface area contributed by atoms with Crippen molar-refractivity contribution in [2.24, 2.45) is 0 Å². The van der Waals surface area contributed by atoms with Crippen LogP contribution in [0.1, 0.15) is 30.4 Å². The largest absolute Gasteiger partial charge is 0.510 e. The van der Waals surface area contributed by atoms with Crippen LogP contribution in [-0.4, -0.2) is 26.0 Å². The Bertz CT molecular complexity index is 3190. The Morgan fingerprint density at radius 3 is 2.34 bits per heavy atom. The van der Waals surface area contributed by atoms with Crippen LogP contribution in [0.2, 0.25) is 0 Å². The zero-order chi connectivity index (χ0) is 39.5. The molecule has 0 aliphatic carbocycles. The van der Waals surface area contributed by atoms with Crippen LogP contribution in [0, 0.1) is 18.8 Å². The molecule has 9 aromatic rings. The van der Waals surface area contributed by atoms with Crippen molar-refractivity contribution in [2.45, 2.75) is 26.2 Å². The minimum Gasteiger partial charge on any atom is -0.510 e. The second-order valence-electron chi connectivity index (χ2n) is 15.3. The SMILES string of the molecule is [2H]C([2H])([2H])N1C=CN(c2[c-]c(Oc3[c-]c4c(cc3)c3c5c(ccc3n4-c3cc(C(C)(C)C)ccn3)-n3c4ccccc4c4cccc(c43)-c3ccccc3-5)ccc2)[CH-]1.[Pt]. The molecule has 0 radical (unpaired) electrons. The van der Waals surface area contributed by atoms with Crippen molar-refractivity contribution in [3.8, 4) is 45.3 Å². The van der Waals surface area contributed by atoms with E-state index in [0.717, 1.165) is 50.0 Å². The number of hydrogen-bond donors (Lipinski definition) is 0. The van der Waals surface area contributed by atoms with E-state index in [1.807, 2.05) is 30.5 Å². The number of para-hydroxylation sites is 2. The quantitative estimate of drug-likeness (QED) is 0.165. The molecule has 56 heavy (non-hydrogen) atoms. The molecule has 0 spiro atoms. The van der Waals surface area contributed by atoms with Gasteiger partial charge in [-0.2, -0.15) is 18.8 Å². The van der Waals surface area contributed by atoms with Crippen LogP contribution >= 0.6 is 0 Å². The van der Waals surface area contributed by atoms with E-state index in [2.05, 4.69) is 139 Å². The molecule has 0 amide bonds. The fourth-order valence-corrected chi connectivity index (χ4v) is 8.45. The second-order valence-corrected chi connectivity index (χ2v) is 15.3. The molecule has 0 atom stereocenters. The summed E-state index contributed by atoms with van der Waals surface area (Å²) in [7, 11) is 0. The Hall–Kier alpha value is -6.10. The van der Waals surface area contributed by atoms with Gasteiger partial charge in [-0.25, -0.2) is 4.98 Å². The average Bonchev–Trinajstić information content (AvgIpc) is 3.92. The van der Waals surface area contributed by atoms with E-state index < -0.39 is 6.98 Å². The van der Waals surface area contributed by atoms with Gasteiger partial charge in [-0.15, -0.1) is 41.4 Å². The predicted molar refractivity (Wildman–Crippen MR) is 224 cm³/mol. The first-order valence-corrected chi connectivity index (χ1v) is 18.5. The number of benzene rings is 6. The minimum atomic E-state index is -2.28. The fourth-order valence-electron chi connectivity index (χ4n) is 8.45. The first-order valence-electron chi connectivity index (χ1n) is 20.0. The van der Waals surface area contributed by atoms with Crippen molar-refractivity contribution in [1.82, 2.24) is 19.0 Å². The molecule has 11 rings (SSSR count). The van der Waals surface area contributed by atoms with Crippen molar-refractivity contribution < 1.29 is 29.9 Å². The summed E-state index contributed by atoms with van der Waals surface area (Å²) >= 11 is 0. The van der Waals surface area contributed by atoms with Gasteiger partial charge in [-0.3, -0.25) is 0 Å². The maximum atomic E-state index is 7.78. The van der Waals surface area contributed by atoms with Gasteiger partial charge in [0.2, 0.25) is 0 Å². The molecule has 0 saturated heterocycles.